The van der Waals surface area contributed by atoms with E-state index in [1.165, 1.54) is 4.90 Å². The molecule has 0 bridgehead atoms. The summed E-state index contributed by atoms with van der Waals surface area (Å²) in [5.41, 5.74) is 0.221. The first kappa shape index (κ1) is 14.2. The molecule has 0 aromatic rings. The molecule has 4 nitrogen and oxygen atoms in total. The van der Waals surface area contributed by atoms with Gasteiger partial charge in [-0.25, -0.2) is 13.6 Å². The van der Waals surface area contributed by atoms with Crippen LogP contribution in [0.1, 0.15) is 13.8 Å². The molecule has 0 N–H and O–H groups in total. The summed E-state index contributed by atoms with van der Waals surface area (Å²) in [4.78, 5) is 14.8. The molecule has 1 spiro atoms. The van der Waals surface area contributed by atoms with Gasteiger partial charge in [0.2, 0.25) is 0 Å². The van der Waals surface area contributed by atoms with Crippen LogP contribution >= 0.6 is 0 Å². The normalized spacial score (nSPS) is 21.4. The van der Waals surface area contributed by atoms with Crippen LogP contribution in [0.2, 0.25) is 0 Å². The van der Waals surface area contributed by atoms with E-state index in [1.807, 2.05) is 20.9 Å². The van der Waals surface area contributed by atoms with Crippen LogP contribution in [0.15, 0.2) is 0 Å². The second kappa shape index (κ2) is 5.62. The highest BCUT2D eigenvalue weighted by Gasteiger charge is 2.52. The highest BCUT2D eigenvalue weighted by atomic mass is 19.3. The van der Waals surface area contributed by atoms with Gasteiger partial charge >= 0.3 is 6.09 Å². The highest BCUT2D eigenvalue weighted by Crippen LogP contribution is 2.38. The molecule has 0 aromatic carbocycles. The number of amides is 1. The van der Waals surface area contributed by atoms with Gasteiger partial charge in [-0.2, -0.15) is 0 Å². The maximum absolute atomic E-state index is 11.8. The van der Waals surface area contributed by atoms with E-state index in [0.29, 0.717) is 13.1 Å². The fraction of sp³-hybridized carbons (Fsp3) is 0.909. The van der Waals surface area contributed by atoms with E-state index in [0.717, 1.165) is 13.1 Å². The minimum absolute atomic E-state index is 0.221. The minimum atomic E-state index is -2.58. The van der Waals surface area contributed by atoms with Crippen LogP contribution in [0.25, 0.3) is 0 Å². The summed E-state index contributed by atoms with van der Waals surface area (Å²) in [6.07, 6.45) is -3.20. The Morgan fingerprint density at radius 3 is 2.24 bits per heavy atom. The number of halogens is 2. The minimum Gasteiger partial charge on any atom is -0.443 e. The standard InChI is InChI=1S/C9H14F2N2O2.C2H6/c1-12-3-9(4-12)5-13(6-9)8(14)15-2-7(10)11;1-2/h7H,2-6H2,1H3;1-2H3. The second-order valence-electron chi connectivity index (χ2n) is 4.50. The molecule has 2 aliphatic rings. The van der Waals surface area contributed by atoms with Gasteiger partial charge < -0.3 is 14.5 Å². The van der Waals surface area contributed by atoms with E-state index in [4.69, 9.17) is 0 Å². The van der Waals surface area contributed by atoms with Crippen LogP contribution in [0.3, 0.4) is 0 Å². The molecule has 17 heavy (non-hydrogen) atoms. The number of carbonyl (C=O) groups excluding carboxylic acids is 1. The van der Waals surface area contributed by atoms with Gasteiger partial charge in [-0.15, -0.1) is 0 Å². The van der Waals surface area contributed by atoms with Crippen molar-refractivity contribution in [2.45, 2.75) is 20.3 Å². The van der Waals surface area contributed by atoms with Gasteiger partial charge in [0.15, 0.2) is 6.61 Å². The summed E-state index contributed by atoms with van der Waals surface area (Å²) in [7, 11) is 2.02. The molecule has 6 heteroatoms. The van der Waals surface area contributed by atoms with Crippen molar-refractivity contribution in [3.63, 3.8) is 0 Å². The first-order valence-corrected chi connectivity index (χ1v) is 5.89. The highest BCUT2D eigenvalue weighted by molar-refractivity contribution is 5.69. The van der Waals surface area contributed by atoms with Crippen LogP contribution in [0.4, 0.5) is 13.6 Å². The zero-order valence-corrected chi connectivity index (χ0v) is 10.6. The number of hydrogen-bond donors (Lipinski definition) is 0. The van der Waals surface area contributed by atoms with Crippen molar-refractivity contribution >= 4 is 6.09 Å². The molecule has 2 rings (SSSR count). The third-order valence-electron chi connectivity index (χ3n) is 2.85. The van der Waals surface area contributed by atoms with E-state index >= 15 is 0 Å². The third-order valence-corrected chi connectivity index (χ3v) is 2.85. The maximum atomic E-state index is 11.8. The van der Waals surface area contributed by atoms with Crippen molar-refractivity contribution in [2.24, 2.45) is 5.41 Å². The van der Waals surface area contributed by atoms with E-state index in [1.54, 1.807) is 0 Å². The molecule has 0 atom stereocenters. The number of likely N-dealkylation sites (tertiary alicyclic amines) is 2. The predicted octanol–water partition coefficient (Wildman–Crippen LogP) is 1.66. The van der Waals surface area contributed by atoms with Gasteiger partial charge in [0, 0.05) is 31.6 Å². The second-order valence-corrected chi connectivity index (χ2v) is 4.50. The van der Waals surface area contributed by atoms with Crippen molar-refractivity contribution in [3.05, 3.63) is 0 Å². The summed E-state index contributed by atoms with van der Waals surface area (Å²) in [6, 6.07) is 0. The third kappa shape index (κ3) is 3.28. The monoisotopic (exact) mass is 250 g/mol. The van der Waals surface area contributed by atoms with E-state index in [2.05, 4.69) is 9.64 Å². The Kier molecular flexibility index (Phi) is 4.68. The number of nitrogens with zero attached hydrogens (tertiary/aromatic N) is 2. The van der Waals surface area contributed by atoms with E-state index in [9.17, 15) is 13.6 Å². The summed E-state index contributed by atoms with van der Waals surface area (Å²) >= 11 is 0. The quantitative estimate of drug-likeness (QED) is 0.747. The number of ether oxygens (including phenoxy) is 1. The summed E-state index contributed by atoms with van der Waals surface area (Å²) in [5.74, 6) is 0. The summed E-state index contributed by atoms with van der Waals surface area (Å²) in [6.45, 7) is 6.43. The van der Waals surface area contributed by atoms with Crippen LogP contribution in [-0.4, -0.2) is 62.2 Å². The lowest BCUT2D eigenvalue weighted by Gasteiger charge is -2.58. The topological polar surface area (TPSA) is 32.8 Å². The first-order valence-electron chi connectivity index (χ1n) is 5.89. The predicted molar refractivity (Wildman–Crippen MR) is 60.2 cm³/mol. The number of hydrogen-bond acceptors (Lipinski definition) is 3. The maximum Gasteiger partial charge on any atom is 0.410 e. The van der Waals surface area contributed by atoms with Crippen molar-refractivity contribution in [2.75, 3.05) is 39.8 Å². The van der Waals surface area contributed by atoms with Crippen molar-refractivity contribution in [1.29, 1.82) is 0 Å². The molecular weight excluding hydrogens is 230 g/mol. The Balaban J connectivity index is 0.000000686. The van der Waals surface area contributed by atoms with Crippen LogP contribution in [0, 0.1) is 5.41 Å². The zero-order valence-electron chi connectivity index (χ0n) is 10.6. The van der Waals surface area contributed by atoms with Crippen LogP contribution in [0.5, 0.6) is 0 Å². The Bertz CT molecular complexity index is 260. The van der Waals surface area contributed by atoms with Gasteiger partial charge in [0.25, 0.3) is 6.43 Å². The Labute approximate surface area is 101 Å². The Morgan fingerprint density at radius 2 is 1.82 bits per heavy atom. The molecule has 1 amide bonds. The molecule has 2 heterocycles. The summed E-state index contributed by atoms with van der Waals surface area (Å²) < 4.78 is 27.9. The lowest BCUT2D eigenvalue weighted by atomic mass is 9.73. The zero-order chi connectivity index (χ0) is 13.1. The van der Waals surface area contributed by atoms with Gasteiger partial charge in [-0.3, -0.25) is 0 Å². The molecule has 2 fully saturated rings. The summed E-state index contributed by atoms with van der Waals surface area (Å²) in [5, 5.41) is 0. The lowest BCUT2D eigenvalue weighted by molar-refractivity contribution is -0.0978. The van der Waals surface area contributed by atoms with E-state index < -0.39 is 19.1 Å². The molecule has 0 aromatic heterocycles. The van der Waals surface area contributed by atoms with Crippen molar-refractivity contribution < 1.29 is 18.3 Å². The molecule has 0 saturated carbocycles. The molecule has 0 unspecified atom stereocenters. The molecule has 2 aliphatic heterocycles. The Morgan fingerprint density at radius 1 is 1.29 bits per heavy atom. The average molecular weight is 250 g/mol. The van der Waals surface area contributed by atoms with Gasteiger partial charge in [0.05, 0.1) is 0 Å². The molecule has 100 valence electrons. The molecule has 2 saturated heterocycles. The van der Waals surface area contributed by atoms with Crippen LogP contribution < -0.4 is 0 Å². The van der Waals surface area contributed by atoms with E-state index in [-0.39, 0.29) is 5.41 Å². The first-order chi connectivity index (χ1) is 8.01. The number of carbonyl (C=O) groups is 1. The van der Waals surface area contributed by atoms with Crippen LogP contribution in [-0.2, 0) is 4.74 Å². The fourth-order valence-electron chi connectivity index (χ4n) is 2.42. The SMILES string of the molecule is CC.CN1CC2(C1)CN(C(=O)OCC(F)F)C2. The molecule has 0 radical (unpaired) electrons. The average Bonchev–Trinajstić information content (AvgIpc) is 2.20. The van der Waals surface area contributed by atoms with Gasteiger partial charge in [-0.05, 0) is 7.05 Å². The van der Waals surface area contributed by atoms with Gasteiger partial charge in [-0.1, -0.05) is 13.8 Å². The van der Waals surface area contributed by atoms with Crippen molar-refractivity contribution in [1.82, 2.24) is 9.80 Å². The fourth-order valence-corrected chi connectivity index (χ4v) is 2.42. The number of rotatable bonds is 2. The largest absolute Gasteiger partial charge is 0.443 e. The molecular formula is C11H20F2N2O2. The smallest absolute Gasteiger partial charge is 0.410 e. The Hall–Kier alpha value is -0.910. The van der Waals surface area contributed by atoms with Crippen molar-refractivity contribution in [3.8, 4) is 0 Å². The number of alkyl halides is 2. The molecule has 0 aliphatic carbocycles. The lowest BCUT2D eigenvalue weighted by Crippen LogP contribution is -2.72. The van der Waals surface area contributed by atoms with Gasteiger partial charge in [0.1, 0.15) is 0 Å².